The van der Waals surface area contributed by atoms with Gasteiger partial charge in [0.2, 0.25) is 5.91 Å². The first-order chi connectivity index (χ1) is 8.57. The third-order valence-corrected chi connectivity index (χ3v) is 3.33. The van der Waals surface area contributed by atoms with Gasteiger partial charge in [-0.2, -0.15) is 5.10 Å². The number of aromatic amines is 1. The molecular weight excluding hydrogens is 228 g/mol. The fraction of sp³-hybridized carbons (Fsp3) is 0.308. The van der Waals surface area contributed by atoms with Crippen molar-refractivity contribution < 1.29 is 4.79 Å². The number of rotatable bonds is 1. The number of hydrogen-bond acceptors (Lipinski definition) is 3. The van der Waals surface area contributed by atoms with Gasteiger partial charge in [0.15, 0.2) is 0 Å². The highest BCUT2D eigenvalue weighted by molar-refractivity contribution is 5.90. The number of benzene rings is 1. The van der Waals surface area contributed by atoms with E-state index in [1.807, 2.05) is 32.0 Å². The molecule has 1 aliphatic heterocycles. The maximum atomic E-state index is 11.5. The molecule has 0 saturated carbocycles. The van der Waals surface area contributed by atoms with E-state index in [0.29, 0.717) is 6.42 Å². The fourth-order valence-electron chi connectivity index (χ4n) is 2.33. The summed E-state index contributed by atoms with van der Waals surface area (Å²) in [6, 6.07) is 6.02. The van der Waals surface area contributed by atoms with Crippen molar-refractivity contribution in [3.05, 3.63) is 29.6 Å². The van der Waals surface area contributed by atoms with Crippen molar-refractivity contribution in [2.24, 2.45) is 5.10 Å². The van der Waals surface area contributed by atoms with Crippen LogP contribution in [0.3, 0.4) is 0 Å². The van der Waals surface area contributed by atoms with Crippen molar-refractivity contribution in [3.63, 3.8) is 0 Å². The van der Waals surface area contributed by atoms with Crippen LogP contribution in [0, 0.1) is 6.92 Å². The predicted octanol–water partition coefficient (Wildman–Crippen LogP) is 1.63. The number of hydrogen-bond donors (Lipinski definition) is 2. The number of aromatic nitrogens is 2. The summed E-state index contributed by atoms with van der Waals surface area (Å²) in [5.74, 6) is 0.836. The van der Waals surface area contributed by atoms with Crippen molar-refractivity contribution >= 4 is 23.2 Å². The van der Waals surface area contributed by atoms with E-state index in [1.165, 1.54) is 0 Å². The Morgan fingerprint density at radius 1 is 1.39 bits per heavy atom. The van der Waals surface area contributed by atoms with E-state index in [4.69, 9.17) is 0 Å². The minimum absolute atomic E-state index is 0.0547. The van der Waals surface area contributed by atoms with Crippen molar-refractivity contribution in [1.82, 2.24) is 15.4 Å². The third-order valence-electron chi connectivity index (χ3n) is 3.33. The van der Waals surface area contributed by atoms with Gasteiger partial charge < -0.3 is 4.98 Å². The second-order valence-electron chi connectivity index (χ2n) is 4.94. The van der Waals surface area contributed by atoms with Crippen LogP contribution in [0.2, 0.25) is 0 Å². The molecular formula is C13H14N4O. The minimum atomic E-state index is -0.352. The average Bonchev–Trinajstić information content (AvgIpc) is 2.67. The monoisotopic (exact) mass is 242 g/mol. The van der Waals surface area contributed by atoms with E-state index in [9.17, 15) is 4.79 Å². The Balaban J connectivity index is 2.10. The minimum Gasteiger partial charge on any atom is -0.342 e. The molecule has 0 fully saturated rings. The Morgan fingerprint density at radius 2 is 2.22 bits per heavy atom. The van der Waals surface area contributed by atoms with E-state index < -0.39 is 0 Å². The number of H-pyrrole nitrogens is 1. The van der Waals surface area contributed by atoms with Crippen LogP contribution < -0.4 is 5.43 Å². The summed E-state index contributed by atoms with van der Waals surface area (Å²) in [5, 5.41) is 3.92. The van der Waals surface area contributed by atoms with Gasteiger partial charge in [-0.15, -0.1) is 0 Å². The predicted molar refractivity (Wildman–Crippen MR) is 69.4 cm³/mol. The van der Waals surface area contributed by atoms with E-state index >= 15 is 0 Å². The maximum absolute atomic E-state index is 11.5. The SMILES string of the molecule is Cc1nc2ccc(C3(C)C=NNC(=O)C3)cc2[nH]1. The second kappa shape index (κ2) is 3.66. The number of carbonyl (C=O) groups excluding carboxylic acids is 1. The lowest BCUT2D eigenvalue weighted by Crippen LogP contribution is -2.37. The maximum Gasteiger partial charge on any atom is 0.241 e. The summed E-state index contributed by atoms with van der Waals surface area (Å²) in [7, 11) is 0. The van der Waals surface area contributed by atoms with Gasteiger partial charge in [0.1, 0.15) is 5.82 Å². The molecule has 1 aromatic carbocycles. The van der Waals surface area contributed by atoms with E-state index in [2.05, 4.69) is 20.5 Å². The standard InChI is InChI=1S/C13H14N4O/c1-8-15-10-4-3-9(5-11(10)16-8)13(2)6-12(18)17-14-7-13/h3-5,7H,6H2,1-2H3,(H,15,16)(H,17,18). The molecule has 0 bridgehead atoms. The zero-order valence-electron chi connectivity index (χ0n) is 10.3. The number of carbonyl (C=O) groups is 1. The summed E-state index contributed by atoms with van der Waals surface area (Å²) in [6.45, 7) is 3.94. The van der Waals surface area contributed by atoms with Crippen LogP contribution in [-0.2, 0) is 10.2 Å². The average molecular weight is 242 g/mol. The summed E-state index contributed by atoms with van der Waals surface area (Å²) in [4.78, 5) is 19.1. The summed E-state index contributed by atoms with van der Waals surface area (Å²) >= 11 is 0. The van der Waals surface area contributed by atoms with Gasteiger partial charge in [-0.3, -0.25) is 4.79 Å². The first kappa shape index (κ1) is 11.0. The van der Waals surface area contributed by atoms with Crippen LogP contribution in [0.5, 0.6) is 0 Å². The van der Waals surface area contributed by atoms with Crippen LogP contribution in [0.4, 0.5) is 0 Å². The molecule has 0 radical (unpaired) electrons. The Kier molecular flexibility index (Phi) is 2.23. The number of fused-ring (bicyclic) bond motifs is 1. The molecule has 5 heteroatoms. The normalized spacial score (nSPS) is 23.3. The lowest BCUT2D eigenvalue weighted by atomic mass is 9.79. The van der Waals surface area contributed by atoms with Crippen LogP contribution in [0.1, 0.15) is 24.7 Å². The van der Waals surface area contributed by atoms with Crippen molar-refractivity contribution in [1.29, 1.82) is 0 Å². The van der Waals surface area contributed by atoms with Crippen LogP contribution >= 0.6 is 0 Å². The van der Waals surface area contributed by atoms with Gasteiger partial charge in [0.05, 0.1) is 11.0 Å². The van der Waals surface area contributed by atoms with Gasteiger partial charge in [-0.25, -0.2) is 10.4 Å². The Labute approximate surface area is 104 Å². The lowest BCUT2D eigenvalue weighted by Gasteiger charge is -2.27. The second-order valence-corrected chi connectivity index (χ2v) is 4.94. The summed E-state index contributed by atoms with van der Waals surface area (Å²) in [5.41, 5.74) is 5.11. The molecule has 3 rings (SSSR count). The lowest BCUT2D eigenvalue weighted by molar-refractivity contribution is -0.122. The molecule has 2 aromatic rings. The van der Waals surface area contributed by atoms with E-state index in [1.54, 1.807) is 6.21 Å². The number of imidazole rings is 1. The first-order valence-corrected chi connectivity index (χ1v) is 5.87. The smallest absolute Gasteiger partial charge is 0.241 e. The molecule has 92 valence electrons. The Hall–Kier alpha value is -2.17. The number of hydrazone groups is 1. The van der Waals surface area contributed by atoms with Crippen LogP contribution in [-0.4, -0.2) is 22.1 Å². The quantitative estimate of drug-likeness (QED) is 0.798. The number of nitrogens with one attached hydrogen (secondary N) is 2. The number of aryl methyl sites for hydroxylation is 1. The molecule has 1 unspecified atom stereocenters. The molecule has 2 N–H and O–H groups in total. The molecule has 1 atom stereocenters. The highest BCUT2D eigenvalue weighted by atomic mass is 16.2. The molecule has 1 aliphatic rings. The molecule has 1 amide bonds. The Morgan fingerprint density at radius 3 is 3.00 bits per heavy atom. The van der Waals surface area contributed by atoms with Gasteiger partial charge >= 0.3 is 0 Å². The fourth-order valence-corrected chi connectivity index (χ4v) is 2.33. The molecule has 0 spiro atoms. The van der Waals surface area contributed by atoms with E-state index in [-0.39, 0.29) is 11.3 Å². The highest BCUT2D eigenvalue weighted by Crippen LogP contribution is 2.29. The molecule has 0 saturated heterocycles. The Bertz CT molecular complexity index is 658. The van der Waals surface area contributed by atoms with Crippen molar-refractivity contribution in [2.75, 3.05) is 0 Å². The molecule has 2 heterocycles. The molecule has 0 aliphatic carbocycles. The van der Waals surface area contributed by atoms with Gasteiger partial charge in [0.25, 0.3) is 0 Å². The van der Waals surface area contributed by atoms with Crippen molar-refractivity contribution in [3.8, 4) is 0 Å². The number of amides is 1. The first-order valence-electron chi connectivity index (χ1n) is 5.87. The van der Waals surface area contributed by atoms with Gasteiger partial charge in [0, 0.05) is 18.1 Å². The topological polar surface area (TPSA) is 70.1 Å². The summed E-state index contributed by atoms with van der Waals surface area (Å²) in [6.07, 6.45) is 2.20. The zero-order chi connectivity index (χ0) is 12.8. The third kappa shape index (κ3) is 1.68. The highest BCUT2D eigenvalue weighted by Gasteiger charge is 2.31. The molecule has 5 nitrogen and oxygen atoms in total. The van der Waals surface area contributed by atoms with Crippen LogP contribution in [0.25, 0.3) is 11.0 Å². The molecule has 1 aromatic heterocycles. The largest absolute Gasteiger partial charge is 0.342 e. The van der Waals surface area contributed by atoms with Gasteiger partial charge in [-0.1, -0.05) is 6.07 Å². The zero-order valence-corrected chi connectivity index (χ0v) is 10.3. The summed E-state index contributed by atoms with van der Waals surface area (Å²) < 4.78 is 0. The molecule has 18 heavy (non-hydrogen) atoms. The van der Waals surface area contributed by atoms with E-state index in [0.717, 1.165) is 22.4 Å². The van der Waals surface area contributed by atoms with Crippen LogP contribution in [0.15, 0.2) is 23.3 Å². The van der Waals surface area contributed by atoms with Crippen molar-refractivity contribution in [2.45, 2.75) is 25.7 Å². The van der Waals surface area contributed by atoms with Gasteiger partial charge in [-0.05, 0) is 31.5 Å². The number of nitrogens with zero attached hydrogens (tertiary/aromatic N) is 2.